The Morgan fingerprint density at radius 1 is 0.857 bits per heavy atom. The minimum absolute atomic E-state index is 0.0692. The van der Waals surface area contributed by atoms with Crippen molar-refractivity contribution < 1.29 is 14.6 Å². The molecular formula is C18H36O3. The number of rotatable bonds is 14. The van der Waals surface area contributed by atoms with Gasteiger partial charge in [0.15, 0.2) is 0 Å². The molecule has 0 aromatic heterocycles. The predicted octanol–water partition coefficient (Wildman–Crippen LogP) is 4.86. The molecule has 0 aliphatic carbocycles. The lowest BCUT2D eigenvalue weighted by Crippen LogP contribution is -2.18. The summed E-state index contributed by atoms with van der Waals surface area (Å²) in [5, 5.41) is 8.68. The number of carbonyl (C=O) groups is 1. The molecule has 0 fully saturated rings. The fourth-order valence-corrected chi connectivity index (χ4v) is 2.68. The second kappa shape index (κ2) is 13.1. The second-order valence-electron chi connectivity index (χ2n) is 6.93. The normalized spacial score (nSPS) is 11.6. The zero-order chi connectivity index (χ0) is 16.0. The van der Waals surface area contributed by atoms with E-state index in [0.29, 0.717) is 13.0 Å². The first-order chi connectivity index (χ1) is 10.0. The molecular weight excluding hydrogens is 264 g/mol. The minimum atomic E-state index is -0.0961. The molecule has 0 unspecified atom stereocenters. The Labute approximate surface area is 131 Å². The average molecular weight is 300 g/mol. The summed E-state index contributed by atoms with van der Waals surface area (Å²) in [6.45, 7) is 4.64. The zero-order valence-electron chi connectivity index (χ0n) is 14.5. The molecule has 0 aromatic rings. The summed E-state index contributed by atoms with van der Waals surface area (Å²) >= 11 is 0. The van der Waals surface area contributed by atoms with Crippen LogP contribution in [-0.2, 0) is 9.53 Å². The van der Waals surface area contributed by atoms with Crippen LogP contribution in [0.25, 0.3) is 0 Å². The molecule has 0 heterocycles. The van der Waals surface area contributed by atoms with Crippen LogP contribution in [0, 0.1) is 5.41 Å². The number of unbranched alkanes of at least 4 members (excludes halogenated alkanes) is 9. The molecule has 3 heteroatoms. The Balaban J connectivity index is 3.33. The van der Waals surface area contributed by atoms with Gasteiger partial charge in [0.25, 0.3) is 0 Å². The molecule has 0 radical (unpaired) electrons. The van der Waals surface area contributed by atoms with Gasteiger partial charge in [0.05, 0.1) is 13.5 Å². The van der Waals surface area contributed by atoms with E-state index in [1.165, 1.54) is 64.9 Å². The van der Waals surface area contributed by atoms with Crippen molar-refractivity contribution in [3.63, 3.8) is 0 Å². The molecule has 0 rings (SSSR count). The van der Waals surface area contributed by atoms with Gasteiger partial charge in [-0.1, -0.05) is 71.6 Å². The van der Waals surface area contributed by atoms with Gasteiger partial charge in [-0.3, -0.25) is 4.79 Å². The highest BCUT2D eigenvalue weighted by Crippen LogP contribution is 2.28. The van der Waals surface area contributed by atoms with Crippen molar-refractivity contribution in [1.29, 1.82) is 0 Å². The van der Waals surface area contributed by atoms with E-state index in [2.05, 4.69) is 13.8 Å². The van der Waals surface area contributed by atoms with Crippen LogP contribution in [0.2, 0.25) is 0 Å². The molecule has 0 saturated carbocycles. The molecule has 1 N–H and O–H groups in total. The lowest BCUT2D eigenvalue weighted by Gasteiger charge is -2.22. The maximum atomic E-state index is 11.3. The zero-order valence-corrected chi connectivity index (χ0v) is 14.5. The summed E-state index contributed by atoms with van der Waals surface area (Å²) in [5.74, 6) is -0.0961. The highest BCUT2D eigenvalue weighted by molar-refractivity contribution is 5.69. The first kappa shape index (κ1) is 20.4. The van der Waals surface area contributed by atoms with Crippen LogP contribution in [0.15, 0.2) is 0 Å². The van der Waals surface area contributed by atoms with Crippen molar-refractivity contribution in [3.8, 4) is 0 Å². The summed E-state index contributed by atoms with van der Waals surface area (Å²) in [4.78, 5) is 11.3. The lowest BCUT2D eigenvalue weighted by molar-refractivity contribution is -0.143. The third kappa shape index (κ3) is 14.1. The summed E-state index contributed by atoms with van der Waals surface area (Å²) in [5.41, 5.74) is 0.0692. The Kier molecular flexibility index (Phi) is 12.8. The summed E-state index contributed by atoms with van der Waals surface area (Å²) in [6.07, 6.45) is 14.1. The standard InChI is InChI=1S/C18H36O3/c1-18(2,16-17(20)21-3)14-12-10-8-6-4-5-7-9-11-13-15-19/h19H,4-16H2,1-3H3. The van der Waals surface area contributed by atoms with Crippen molar-refractivity contribution in [3.05, 3.63) is 0 Å². The summed E-state index contributed by atoms with van der Waals surface area (Å²) < 4.78 is 4.74. The van der Waals surface area contributed by atoms with Gasteiger partial charge in [-0.15, -0.1) is 0 Å². The number of esters is 1. The van der Waals surface area contributed by atoms with E-state index in [1.807, 2.05) is 0 Å². The molecule has 0 atom stereocenters. The number of hydrogen-bond donors (Lipinski definition) is 1. The van der Waals surface area contributed by atoms with Crippen LogP contribution in [0.1, 0.15) is 90.9 Å². The van der Waals surface area contributed by atoms with E-state index in [0.717, 1.165) is 12.8 Å². The molecule has 3 nitrogen and oxygen atoms in total. The molecule has 126 valence electrons. The van der Waals surface area contributed by atoms with Crippen LogP contribution in [-0.4, -0.2) is 24.8 Å². The number of carbonyl (C=O) groups excluding carboxylic acids is 1. The third-order valence-electron chi connectivity index (χ3n) is 4.11. The van der Waals surface area contributed by atoms with Gasteiger partial charge in [0.2, 0.25) is 0 Å². The van der Waals surface area contributed by atoms with Gasteiger partial charge in [0, 0.05) is 6.61 Å². The molecule has 0 bridgehead atoms. The molecule has 21 heavy (non-hydrogen) atoms. The fourth-order valence-electron chi connectivity index (χ4n) is 2.68. The van der Waals surface area contributed by atoms with E-state index in [-0.39, 0.29) is 11.4 Å². The molecule has 0 spiro atoms. The average Bonchev–Trinajstić information content (AvgIpc) is 2.44. The van der Waals surface area contributed by atoms with Gasteiger partial charge in [-0.05, 0) is 18.3 Å². The van der Waals surface area contributed by atoms with Gasteiger partial charge in [-0.2, -0.15) is 0 Å². The highest BCUT2D eigenvalue weighted by atomic mass is 16.5. The monoisotopic (exact) mass is 300 g/mol. The van der Waals surface area contributed by atoms with Crippen LogP contribution in [0.3, 0.4) is 0 Å². The van der Waals surface area contributed by atoms with E-state index in [9.17, 15) is 4.79 Å². The van der Waals surface area contributed by atoms with Crippen LogP contribution < -0.4 is 0 Å². The van der Waals surface area contributed by atoms with E-state index < -0.39 is 0 Å². The maximum absolute atomic E-state index is 11.3. The molecule has 0 aliphatic rings. The van der Waals surface area contributed by atoms with Crippen molar-refractivity contribution >= 4 is 5.97 Å². The van der Waals surface area contributed by atoms with Crippen LogP contribution in [0.4, 0.5) is 0 Å². The van der Waals surface area contributed by atoms with Crippen LogP contribution >= 0.6 is 0 Å². The van der Waals surface area contributed by atoms with Crippen molar-refractivity contribution in [2.45, 2.75) is 90.9 Å². The maximum Gasteiger partial charge on any atom is 0.306 e. The van der Waals surface area contributed by atoms with Gasteiger partial charge < -0.3 is 9.84 Å². The number of ether oxygens (including phenoxy) is 1. The van der Waals surface area contributed by atoms with Crippen molar-refractivity contribution in [1.82, 2.24) is 0 Å². The predicted molar refractivity (Wildman–Crippen MR) is 88.3 cm³/mol. The van der Waals surface area contributed by atoms with Crippen molar-refractivity contribution in [2.24, 2.45) is 5.41 Å². The fraction of sp³-hybridized carbons (Fsp3) is 0.944. The number of aliphatic hydroxyl groups excluding tert-OH is 1. The molecule has 0 aliphatic heterocycles. The van der Waals surface area contributed by atoms with E-state index in [4.69, 9.17) is 9.84 Å². The molecule has 0 aromatic carbocycles. The number of hydrogen-bond acceptors (Lipinski definition) is 3. The Morgan fingerprint density at radius 2 is 1.29 bits per heavy atom. The summed E-state index contributed by atoms with van der Waals surface area (Å²) in [7, 11) is 1.46. The quantitative estimate of drug-likeness (QED) is 0.368. The van der Waals surface area contributed by atoms with E-state index >= 15 is 0 Å². The minimum Gasteiger partial charge on any atom is -0.469 e. The molecule has 0 saturated heterocycles. The third-order valence-corrected chi connectivity index (χ3v) is 4.11. The van der Waals surface area contributed by atoms with Gasteiger partial charge >= 0.3 is 5.97 Å². The van der Waals surface area contributed by atoms with Crippen molar-refractivity contribution in [2.75, 3.05) is 13.7 Å². The Bertz CT molecular complexity index is 249. The topological polar surface area (TPSA) is 46.5 Å². The second-order valence-corrected chi connectivity index (χ2v) is 6.93. The highest BCUT2D eigenvalue weighted by Gasteiger charge is 2.21. The first-order valence-corrected chi connectivity index (χ1v) is 8.69. The Morgan fingerprint density at radius 3 is 1.71 bits per heavy atom. The van der Waals surface area contributed by atoms with E-state index in [1.54, 1.807) is 0 Å². The largest absolute Gasteiger partial charge is 0.469 e. The van der Waals surface area contributed by atoms with Gasteiger partial charge in [0.1, 0.15) is 0 Å². The van der Waals surface area contributed by atoms with Crippen LogP contribution in [0.5, 0.6) is 0 Å². The first-order valence-electron chi connectivity index (χ1n) is 8.69. The van der Waals surface area contributed by atoms with Gasteiger partial charge in [-0.25, -0.2) is 0 Å². The summed E-state index contributed by atoms with van der Waals surface area (Å²) in [6, 6.07) is 0. The molecule has 0 amide bonds. The SMILES string of the molecule is COC(=O)CC(C)(C)CCCCCCCCCCCCO. The number of methoxy groups -OCH3 is 1. The lowest BCUT2D eigenvalue weighted by atomic mass is 9.83. The Hall–Kier alpha value is -0.570. The number of aliphatic hydroxyl groups is 1. The smallest absolute Gasteiger partial charge is 0.306 e.